The van der Waals surface area contributed by atoms with Crippen LogP contribution in [0, 0.1) is 0 Å². The molecule has 1 amide bonds. The van der Waals surface area contributed by atoms with Gasteiger partial charge in [0.25, 0.3) is 5.91 Å². The molecule has 0 radical (unpaired) electrons. The summed E-state index contributed by atoms with van der Waals surface area (Å²) >= 11 is 0. The second kappa shape index (κ2) is 13.6. The summed E-state index contributed by atoms with van der Waals surface area (Å²) in [4.78, 5) is 12.6. The van der Waals surface area contributed by atoms with Crippen LogP contribution < -0.4 is 29.6 Å². The number of benzene rings is 4. The number of nitrogens with zero attached hydrogens (tertiary/aromatic N) is 2. The Morgan fingerprint density at radius 2 is 1.55 bits per heavy atom. The van der Waals surface area contributed by atoms with Crippen molar-refractivity contribution in [2.75, 3.05) is 32.8 Å². The van der Waals surface area contributed by atoms with Crippen LogP contribution in [-0.2, 0) is 14.9 Å². The van der Waals surface area contributed by atoms with Gasteiger partial charge in [-0.1, -0.05) is 43.3 Å². The van der Waals surface area contributed by atoms with E-state index in [1.165, 1.54) is 18.2 Å². The first-order valence-electron chi connectivity index (χ1n) is 12.4. The average Bonchev–Trinajstić information content (AvgIpc) is 2.92. The van der Waals surface area contributed by atoms with E-state index in [0.717, 1.165) is 23.9 Å². The van der Waals surface area contributed by atoms with Crippen LogP contribution in [0.1, 0.15) is 23.7 Å². The summed E-state index contributed by atoms with van der Waals surface area (Å²) < 4.78 is 37.6. The zero-order valence-electron chi connectivity index (χ0n) is 22.3. The molecule has 0 unspecified atom stereocenters. The molecule has 0 bridgehead atoms. The smallest absolute Gasteiger partial charge is 0.744 e. The topological polar surface area (TPSA) is 151 Å². The maximum absolute atomic E-state index is 13.0. The third-order valence-electron chi connectivity index (χ3n) is 6.32. The van der Waals surface area contributed by atoms with Crippen LogP contribution in [0.3, 0.4) is 0 Å². The molecule has 1 aliphatic heterocycles. The summed E-state index contributed by atoms with van der Waals surface area (Å²) in [7, 11) is -4.51. The van der Waals surface area contributed by atoms with Gasteiger partial charge in [0.15, 0.2) is 11.5 Å². The Labute approximate surface area is 254 Å². The number of carbonyl (C=O) groups is 1. The first-order valence-corrected chi connectivity index (χ1v) is 13.8. The molecule has 1 aliphatic rings. The van der Waals surface area contributed by atoms with Gasteiger partial charge in [0.2, 0.25) is 0 Å². The third kappa shape index (κ3) is 7.24. The molecule has 10 nitrogen and oxygen atoms in total. The van der Waals surface area contributed by atoms with E-state index in [2.05, 4.69) is 0 Å². The van der Waals surface area contributed by atoms with Crippen LogP contribution >= 0.6 is 0 Å². The van der Waals surface area contributed by atoms with Crippen LogP contribution in [0.25, 0.3) is 21.5 Å². The summed E-state index contributed by atoms with van der Waals surface area (Å²) in [5.74, 6) is -0.766. The molecule has 0 spiro atoms. The fourth-order valence-corrected chi connectivity index (χ4v) is 4.86. The number of hydrogen-bond acceptors (Lipinski definition) is 9. The largest absolute Gasteiger partial charge is 1.00 e. The van der Waals surface area contributed by atoms with E-state index in [1.807, 2.05) is 42.3 Å². The van der Waals surface area contributed by atoms with Gasteiger partial charge in [-0.3, -0.25) is 9.80 Å². The van der Waals surface area contributed by atoms with Gasteiger partial charge in [-0.25, -0.2) is 13.4 Å². The number of aromatic hydroxyl groups is 3. The number of amides is 1. The maximum atomic E-state index is 13.0. The van der Waals surface area contributed by atoms with Crippen LogP contribution in [0.5, 0.6) is 17.2 Å². The fraction of sp³-hybridized carbons (Fsp3) is 0.250. The zero-order chi connectivity index (χ0) is 28.2. The van der Waals surface area contributed by atoms with E-state index >= 15 is 0 Å². The molecule has 4 aromatic carbocycles. The molecule has 40 heavy (non-hydrogen) atoms. The van der Waals surface area contributed by atoms with Crippen molar-refractivity contribution >= 4 is 37.6 Å². The van der Waals surface area contributed by atoms with Crippen molar-refractivity contribution in [2.24, 2.45) is 0 Å². The van der Waals surface area contributed by atoms with Crippen molar-refractivity contribution < 1.29 is 67.4 Å². The normalized spacial score (nSPS) is 13.8. The van der Waals surface area contributed by atoms with Gasteiger partial charge in [-0.05, 0) is 52.9 Å². The Kier molecular flexibility index (Phi) is 10.8. The van der Waals surface area contributed by atoms with E-state index in [4.69, 9.17) is 4.74 Å². The summed E-state index contributed by atoms with van der Waals surface area (Å²) in [6, 6.07) is 17.3. The number of carbonyl (C=O) groups excluding carboxylic acids is 1. The van der Waals surface area contributed by atoms with Crippen LogP contribution in [0.2, 0.25) is 0 Å². The van der Waals surface area contributed by atoms with Crippen LogP contribution in [-0.4, -0.2) is 77.1 Å². The van der Waals surface area contributed by atoms with Crippen LogP contribution in [0.4, 0.5) is 0 Å². The third-order valence-corrected chi connectivity index (χ3v) is 7.15. The SMILES string of the molecule is CCCN(C(=O)c1ccc2ccccc2c1O)N1CCOCC1.O=S(=O)([O-])c1ccc2cc(O)c(O)cc2c1.[Na+]. The molecule has 1 saturated heterocycles. The summed E-state index contributed by atoms with van der Waals surface area (Å²) in [6.45, 7) is 5.31. The molecule has 0 atom stereocenters. The molecule has 5 rings (SSSR count). The van der Waals surface area contributed by atoms with E-state index in [1.54, 1.807) is 11.1 Å². The molecule has 0 aromatic heterocycles. The standard InChI is InChI=1S/C18H22N2O3.C10H8O5S.Na/c1-2-9-20(19-10-12-23-13-11-19)18(22)16-8-7-14-5-3-4-6-15(14)17(16)21;11-9-4-6-1-2-8(16(13,14)15)3-7(6)5-10(9)12;/h3-8,21H,2,9-13H2,1H3;1-5,11-12H,(H,13,14,15);/q;;+1/p-1. The van der Waals surface area contributed by atoms with Gasteiger partial charge in [-0.15, -0.1) is 0 Å². The van der Waals surface area contributed by atoms with Gasteiger partial charge >= 0.3 is 29.6 Å². The second-order valence-corrected chi connectivity index (χ2v) is 10.4. The van der Waals surface area contributed by atoms with Crippen molar-refractivity contribution in [3.05, 3.63) is 72.3 Å². The summed E-state index contributed by atoms with van der Waals surface area (Å²) in [5.41, 5.74) is 0.351. The average molecular weight is 577 g/mol. The van der Waals surface area contributed by atoms with Gasteiger partial charge in [-0.2, -0.15) is 0 Å². The van der Waals surface area contributed by atoms with Crippen molar-refractivity contribution in [2.45, 2.75) is 18.2 Å². The predicted molar refractivity (Wildman–Crippen MR) is 145 cm³/mol. The van der Waals surface area contributed by atoms with Crippen LogP contribution in [0.15, 0.2) is 71.6 Å². The number of hydrogen-bond donors (Lipinski definition) is 3. The van der Waals surface area contributed by atoms with Gasteiger partial charge < -0.3 is 24.6 Å². The molecular formula is C28H29N2NaO8S. The van der Waals surface area contributed by atoms with E-state index in [0.29, 0.717) is 54.6 Å². The molecule has 0 saturated carbocycles. The number of ether oxygens (including phenoxy) is 1. The van der Waals surface area contributed by atoms with E-state index in [9.17, 15) is 33.1 Å². The minimum Gasteiger partial charge on any atom is -0.744 e. The quantitative estimate of drug-likeness (QED) is 0.178. The second-order valence-electron chi connectivity index (χ2n) is 8.98. The number of morpholine rings is 1. The van der Waals surface area contributed by atoms with Crippen molar-refractivity contribution in [3.8, 4) is 17.2 Å². The molecule has 1 heterocycles. The van der Waals surface area contributed by atoms with Crippen molar-refractivity contribution in [1.82, 2.24) is 10.0 Å². The molecule has 3 N–H and O–H groups in total. The number of phenols is 3. The Hall–Kier alpha value is -2.90. The molecule has 12 heteroatoms. The molecular weight excluding hydrogens is 547 g/mol. The number of fused-ring (bicyclic) bond motifs is 2. The minimum atomic E-state index is -4.51. The number of hydrazine groups is 1. The molecule has 0 aliphatic carbocycles. The van der Waals surface area contributed by atoms with E-state index in [-0.39, 0.29) is 57.6 Å². The first-order chi connectivity index (χ1) is 18.6. The van der Waals surface area contributed by atoms with Crippen molar-refractivity contribution in [3.63, 3.8) is 0 Å². The van der Waals surface area contributed by atoms with Gasteiger partial charge in [0.05, 0.1) is 23.7 Å². The van der Waals surface area contributed by atoms with Gasteiger partial charge in [0, 0.05) is 25.0 Å². The number of rotatable bonds is 5. The summed E-state index contributed by atoms with van der Waals surface area (Å²) in [5, 5.41) is 35.3. The Morgan fingerprint density at radius 3 is 2.20 bits per heavy atom. The van der Waals surface area contributed by atoms with Gasteiger partial charge in [0.1, 0.15) is 15.9 Å². The first kappa shape index (κ1) is 31.6. The minimum absolute atomic E-state index is 0. The van der Waals surface area contributed by atoms with E-state index < -0.39 is 10.1 Å². The number of phenolic OH excluding ortho intramolecular Hbond substituents is 3. The van der Waals surface area contributed by atoms with Crippen molar-refractivity contribution in [1.29, 1.82) is 0 Å². The Morgan fingerprint density at radius 1 is 0.925 bits per heavy atom. The fourth-order valence-electron chi connectivity index (χ4n) is 4.35. The Bertz CT molecular complexity index is 1610. The predicted octanol–water partition coefficient (Wildman–Crippen LogP) is 0.804. The molecule has 4 aromatic rings. The Balaban J connectivity index is 0.000000229. The monoisotopic (exact) mass is 576 g/mol. The zero-order valence-corrected chi connectivity index (χ0v) is 25.1. The molecule has 1 fully saturated rings. The summed E-state index contributed by atoms with van der Waals surface area (Å²) in [6.07, 6.45) is 0.859. The maximum Gasteiger partial charge on any atom is 1.00 e. The molecule has 206 valence electrons.